The number of ether oxygens (including phenoxy) is 1. The van der Waals surface area contributed by atoms with Gasteiger partial charge in [0.2, 0.25) is 0 Å². The maximum absolute atomic E-state index is 6.04. The Morgan fingerprint density at radius 3 is 2.73 bits per heavy atom. The standard InChI is InChI=1S/C22H39N7O/c1-5-29-12-7-9-17(29)14-23-21(24-15-20-27-26-16(3)28(20)4)25-18-13-19(30-6-2)22(18)10-8-11-22/h17-19H,5-15H2,1-4H3,(H2,23,24,25). The van der Waals surface area contributed by atoms with Crippen molar-refractivity contribution in [1.29, 1.82) is 0 Å². The van der Waals surface area contributed by atoms with E-state index in [9.17, 15) is 0 Å². The first-order valence-corrected chi connectivity index (χ1v) is 11.8. The molecule has 30 heavy (non-hydrogen) atoms. The Bertz CT molecular complexity index is 742. The third kappa shape index (κ3) is 4.08. The molecule has 8 nitrogen and oxygen atoms in total. The largest absolute Gasteiger partial charge is 0.378 e. The fourth-order valence-electron chi connectivity index (χ4n) is 5.45. The van der Waals surface area contributed by atoms with Crippen molar-refractivity contribution in [2.24, 2.45) is 17.5 Å². The third-order valence-electron chi connectivity index (χ3n) is 7.72. The lowest BCUT2D eigenvalue weighted by molar-refractivity contribution is -0.168. The van der Waals surface area contributed by atoms with Gasteiger partial charge in [0, 0.05) is 37.7 Å². The van der Waals surface area contributed by atoms with Crippen LogP contribution in [0.3, 0.4) is 0 Å². The summed E-state index contributed by atoms with van der Waals surface area (Å²) >= 11 is 0. The zero-order chi connectivity index (χ0) is 21.1. The number of aryl methyl sites for hydroxylation is 1. The van der Waals surface area contributed by atoms with Gasteiger partial charge in [-0.1, -0.05) is 13.3 Å². The molecular formula is C22H39N7O. The molecule has 168 valence electrons. The zero-order valence-corrected chi connectivity index (χ0v) is 19.2. The lowest BCUT2D eigenvalue weighted by Crippen LogP contribution is -2.68. The quantitative estimate of drug-likeness (QED) is 0.497. The topological polar surface area (TPSA) is 79.6 Å². The van der Waals surface area contributed by atoms with E-state index in [2.05, 4.69) is 39.6 Å². The molecule has 2 N–H and O–H groups in total. The molecule has 3 aliphatic rings. The molecule has 1 aromatic heterocycles. The first-order chi connectivity index (χ1) is 14.6. The van der Waals surface area contributed by atoms with Crippen LogP contribution in [-0.2, 0) is 18.3 Å². The Morgan fingerprint density at radius 1 is 1.27 bits per heavy atom. The fourth-order valence-corrected chi connectivity index (χ4v) is 5.45. The molecule has 0 amide bonds. The molecule has 3 atom stereocenters. The number of nitrogens with zero attached hydrogens (tertiary/aromatic N) is 5. The molecule has 1 aliphatic heterocycles. The molecule has 8 heteroatoms. The second-order valence-electron chi connectivity index (χ2n) is 9.16. The van der Waals surface area contributed by atoms with E-state index in [1.165, 1.54) is 38.6 Å². The van der Waals surface area contributed by atoms with Gasteiger partial charge in [0.25, 0.3) is 0 Å². The fraction of sp³-hybridized carbons (Fsp3) is 0.864. The molecule has 1 spiro atoms. The minimum atomic E-state index is 0.308. The first kappa shape index (κ1) is 21.6. The number of likely N-dealkylation sites (tertiary alicyclic amines) is 1. The summed E-state index contributed by atoms with van der Waals surface area (Å²) in [6.07, 6.45) is 7.86. The van der Waals surface area contributed by atoms with E-state index >= 15 is 0 Å². The summed E-state index contributed by atoms with van der Waals surface area (Å²) in [4.78, 5) is 7.48. The minimum Gasteiger partial charge on any atom is -0.378 e. The molecule has 2 saturated carbocycles. The average Bonchev–Trinajstić information content (AvgIpc) is 3.28. The molecule has 3 unspecified atom stereocenters. The average molecular weight is 418 g/mol. The summed E-state index contributed by atoms with van der Waals surface area (Å²) in [5.41, 5.74) is 0.308. The van der Waals surface area contributed by atoms with E-state index in [0.717, 1.165) is 43.7 Å². The molecular weight excluding hydrogens is 378 g/mol. The summed E-state index contributed by atoms with van der Waals surface area (Å²) in [6.45, 7) is 10.9. The van der Waals surface area contributed by atoms with E-state index in [4.69, 9.17) is 9.73 Å². The molecule has 2 aliphatic carbocycles. The van der Waals surface area contributed by atoms with Gasteiger partial charge >= 0.3 is 0 Å². The van der Waals surface area contributed by atoms with Crippen molar-refractivity contribution in [2.75, 3.05) is 26.2 Å². The number of nitrogens with one attached hydrogen (secondary N) is 2. The van der Waals surface area contributed by atoms with Crippen LogP contribution in [0.5, 0.6) is 0 Å². The van der Waals surface area contributed by atoms with Crippen LogP contribution in [0.4, 0.5) is 0 Å². The van der Waals surface area contributed by atoms with E-state index in [1.54, 1.807) is 0 Å². The Labute approximate surface area is 180 Å². The van der Waals surface area contributed by atoms with Gasteiger partial charge in [-0.25, -0.2) is 4.99 Å². The van der Waals surface area contributed by atoms with E-state index in [-0.39, 0.29) is 0 Å². The smallest absolute Gasteiger partial charge is 0.192 e. The number of hydrogen-bond donors (Lipinski definition) is 2. The predicted molar refractivity (Wildman–Crippen MR) is 118 cm³/mol. The van der Waals surface area contributed by atoms with Gasteiger partial charge in [-0.2, -0.15) is 0 Å². The van der Waals surface area contributed by atoms with Crippen molar-refractivity contribution in [3.05, 3.63) is 11.6 Å². The summed E-state index contributed by atoms with van der Waals surface area (Å²) in [7, 11) is 2.00. The first-order valence-electron chi connectivity index (χ1n) is 11.8. The molecule has 4 rings (SSSR count). The summed E-state index contributed by atoms with van der Waals surface area (Å²) in [5.74, 6) is 2.72. The Balaban J connectivity index is 1.43. The van der Waals surface area contributed by atoms with Gasteiger partial charge in [-0.3, -0.25) is 4.90 Å². The van der Waals surface area contributed by atoms with Crippen molar-refractivity contribution in [1.82, 2.24) is 30.3 Å². The molecule has 1 saturated heterocycles. The van der Waals surface area contributed by atoms with Gasteiger partial charge in [0.1, 0.15) is 12.4 Å². The van der Waals surface area contributed by atoms with E-state index in [1.807, 2.05) is 18.5 Å². The highest BCUT2D eigenvalue weighted by Gasteiger charge is 2.59. The van der Waals surface area contributed by atoms with Crippen LogP contribution in [0.2, 0.25) is 0 Å². The maximum atomic E-state index is 6.04. The Hall–Kier alpha value is -1.67. The van der Waals surface area contributed by atoms with E-state index in [0.29, 0.717) is 30.1 Å². The molecule has 0 aromatic carbocycles. The summed E-state index contributed by atoms with van der Waals surface area (Å²) < 4.78 is 8.05. The molecule has 0 radical (unpaired) electrons. The second-order valence-corrected chi connectivity index (χ2v) is 9.16. The van der Waals surface area contributed by atoms with Gasteiger partial charge < -0.3 is 19.9 Å². The number of hydrogen-bond acceptors (Lipinski definition) is 5. The molecule has 2 heterocycles. The lowest BCUT2D eigenvalue weighted by Gasteiger charge is -2.61. The van der Waals surface area contributed by atoms with Gasteiger partial charge in [-0.15, -0.1) is 10.2 Å². The highest BCUT2D eigenvalue weighted by molar-refractivity contribution is 5.80. The van der Waals surface area contributed by atoms with Crippen LogP contribution >= 0.6 is 0 Å². The highest BCUT2D eigenvalue weighted by Crippen LogP contribution is 2.57. The lowest BCUT2D eigenvalue weighted by atomic mass is 9.51. The van der Waals surface area contributed by atoms with Crippen LogP contribution in [0.25, 0.3) is 0 Å². The second kappa shape index (κ2) is 9.22. The number of guanidine groups is 1. The highest BCUT2D eigenvalue weighted by atomic mass is 16.5. The number of aliphatic imine (C=N–C) groups is 1. The van der Waals surface area contributed by atoms with Crippen molar-refractivity contribution < 1.29 is 4.74 Å². The number of likely N-dealkylation sites (N-methyl/N-ethyl adjacent to an activating group) is 1. The van der Waals surface area contributed by atoms with Crippen molar-refractivity contribution >= 4 is 5.96 Å². The summed E-state index contributed by atoms with van der Waals surface area (Å²) in [5, 5.41) is 15.9. The van der Waals surface area contributed by atoms with Gasteiger partial charge in [0.05, 0.1) is 6.10 Å². The van der Waals surface area contributed by atoms with Crippen LogP contribution in [0.15, 0.2) is 4.99 Å². The SMILES string of the molecule is CCOC1CC(NC(=NCc2nnc(C)n2C)NCC2CCCN2CC)C12CCC2. The molecule has 3 fully saturated rings. The maximum Gasteiger partial charge on any atom is 0.192 e. The molecule has 0 bridgehead atoms. The van der Waals surface area contributed by atoms with Crippen LogP contribution in [0.1, 0.15) is 64.0 Å². The normalized spacial score (nSPS) is 28.4. The molecule has 1 aromatic rings. The van der Waals surface area contributed by atoms with Crippen molar-refractivity contribution in [3.8, 4) is 0 Å². The monoisotopic (exact) mass is 417 g/mol. The Kier molecular flexibility index (Phi) is 6.63. The summed E-state index contributed by atoms with van der Waals surface area (Å²) in [6, 6.07) is 1.04. The van der Waals surface area contributed by atoms with Crippen LogP contribution in [-0.4, -0.2) is 70.1 Å². The number of aromatic nitrogens is 3. The van der Waals surface area contributed by atoms with Gasteiger partial charge in [-0.05, 0) is 59.0 Å². The Morgan fingerprint density at radius 2 is 2.10 bits per heavy atom. The van der Waals surface area contributed by atoms with Crippen molar-refractivity contribution in [2.45, 2.75) is 84.0 Å². The number of rotatable bonds is 8. The zero-order valence-electron chi connectivity index (χ0n) is 19.2. The van der Waals surface area contributed by atoms with Crippen molar-refractivity contribution in [3.63, 3.8) is 0 Å². The van der Waals surface area contributed by atoms with Crippen LogP contribution in [0, 0.1) is 12.3 Å². The van der Waals surface area contributed by atoms with Crippen LogP contribution < -0.4 is 10.6 Å². The minimum absolute atomic E-state index is 0.308. The van der Waals surface area contributed by atoms with Gasteiger partial charge in [0.15, 0.2) is 11.8 Å². The third-order valence-corrected chi connectivity index (χ3v) is 7.72. The predicted octanol–water partition coefficient (Wildman–Crippen LogP) is 1.99. The van der Waals surface area contributed by atoms with E-state index < -0.39 is 0 Å².